The molecule has 2 aliphatic carbocycles. The van der Waals surface area contributed by atoms with Gasteiger partial charge in [0.25, 0.3) is 0 Å². The maximum atomic E-state index is 12.9. The molecule has 0 radical (unpaired) electrons. The van der Waals surface area contributed by atoms with Crippen LogP contribution in [0.25, 0.3) is 0 Å². The molecule has 2 rings (SSSR count). The number of esters is 2. The Morgan fingerprint density at radius 3 is 2.54 bits per heavy atom. The fourth-order valence-corrected chi connectivity index (χ4v) is 5.47. The largest absolute Gasteiger partial charge is 0.466 e. The molecular weight excluding hydrogens is 356 g/mol. The lowest BCUT2D eigenvalue weighted by Gasteiger charge is -2.57. The maximum Gasteiger partial charge on any atom is 0.330 e. The van der Waals surface area contributed by atoms with Gasteiger partial charge in [-0.05, 0) is 63.2 Å². The van der Waals surface area contributed by atoms with Crippen LogP contribution in [0.3, 0.4) is 0 Å². The molecule has 156 valence electrons. The molecule has 5 nitrogen and oxygen atoms in total. The van der Waals surface area contributed by atoms with Crippen molar-refractivity contribution >= 4 is 17.7 Å². The lowest BCUT2D eigenvalue weighted by atomic mass is 9.46. The van der Waals surface area contributed by atoms with Crippen molar-refractivity contribution in [2.45, 2.75) is 66.2 Å². The van der Waals surface area contributed by atoms with Gasteiger partial charge in [0.05, 0.1) is 12.5 Å². The number of rotatable bonds is 6. The average molecular weight is 391 g/mol. The molecule has 0 heterocycles. The van der Waals surface area contributed by atoms with Crippen molar-refractivity contribution in [3.05, 3.63) is 23.8 Å². The van der Waals surface area contributed by atoms with E-state index in [9.17, 15) is 14.4 Å². The van der Waals surface area contributed by atoms with E-state index < -0.39 is 5.41 Å². The highest BCUT2D eigenvalue weighted by Crippen LogP contribution is 2.61. The van der Waals surface area contributed by atoms with Gasteiger partial charge >= 0.3 is 11.9 Å². The summed E-state index contributed by atoms with van der Waals surface area (Å²) in [5.41, 5.74) is 1.51. The number of allylic oxidation sites excluding steroid dienone is 2. The van der Waals surface area contributed by atoms with Crippen molar-refractivity contribution in [2.75, 3.05) is 13.7 Å². The van der Waals surface area contributed by atoms with E-state index in [4.69, 9.17) is 9.47 Å². The molecule has 0 bridgehead atoms. The van der Waals surface area contributed by atoms with Gasteiger partial charge < -0.3 is 9.47 Å². The molecule has 2 aliphatic rings. The fourth-order valence-electron chi connectivity index (χ4n) is 5.47. The van der Waals surface area contributed by atoms with Gasteiger partial charge in [0, 0.05) is 19.4 Å². The average Bonchev–Trinajstić information content (AvgIpc) is 2.63. The standard InChI is InChI=1S/C23H34O5/c1-15(13-21(26)27-6)7-9-18-16(2)8-10-19-22(18,4)12-11-20(25)23(19,5)14-28-17(3)24/h13,18-19H,2,7-12,14H2,1,3-6H3. The first-order valence-corrected chi connectivity index (χ1v) is 10.1. The SMILES string of the molecule is C=C1CCC2C(C)(COC(C)=O)C(=O)CCC2(C)C1CCC(C)=CC(=O)OC. The highest BCUT2D eigenvalue weighted by atomic mass is 16.5. The third-order valence-corrected chi connectivity index (χ3v) is 7.10. The lowest BCUT2D eigenvalue weighted by molar-refractivity contribution is -0.162. The minimum atomic E-state index is -0.644. The minimum Gasteiger partial charge on any atom is -0.466 e. The number of carbonyl (C=O) groups is 3. The molecule has 4 unspecified atom stereocenters. The summed E-state index contributed by atoms with van der Waals surface area (Å²) >= 11 is 0. The van der Waals surface area contributed by atoms with E-state index in [2.05, 4.69) is 13.5 Å². The Kier molecular flexibility index (Phi) is 6.89. The summed E-state index contributed by atoms with van der Waals surface area (Å²) in [4.78, 5) is 35.7. The molecular formula is C23H34O5. The monoisotopic (exact) mass is 390 g/mol. The number of ketones is 1. The predicted octanol–water partition coefficient (Wildman–Crippen LogP) is 4.41. The Morgan fingerprint density at radius 2 is 1.93 bits per heavy atom. The quantitative estimate of drug-likeness (QED) is 0.382. The van der Waals surface area contributed by atoms with Gasteiger partial charge in [-0.1, -0.05) is 24.6 Å². The first kappa shape index (κ1) is 22.4. The van der Waals surface area contributed by atoms with Gasteiger partial charge in [0.15, 0.2) is 0 Å². The Balaban J connectivity index is 2.25. The number of hydrogen-bond acceptors (Lipinski definition) is 5. The molecule has 0 aromatic heterocycles. The summed E-state index contributed by atoms with van der Waals surface area (Å²) in [6.07, 6.45) is 6.33. The molecule has 0 N–H and O–H groups in total. The zero-order valence-corrected chi connectivity index (χ0v) is 17.9. The van der Waals surface area contributed by atoms with Gasteiger partial charge in [-0.3, -0.25) is 9.59 Å². The molecule has 0 spiro atoms. The summed E-state index contributed by atoms with van der Waals surface area (Å²) in [5.74, 6) is -0.0508. The maximum absolute atomic E-state index is 12.9. The Hall–Kier alpha value is -1.91. The molecule has 0 aliphatic heterocycles. The summed E-state index contributed by atoms with van der Waals surface area (Å²) in [5, 5.41) is 0. The second-order valence-corrected chi connectivity index (χ2v) is 8.98. The first-order chi connectivity index (χ1) is 13.0. The number of Topliss-reactive ketones (excluding diaryl/α,β-unsaturated/α-hetero) is 1. The van der Waals surface area contributed by atoms with Crippen LogP contribution in [0, 0.1) is 22.7 Å². The van der Waals surface area contributed by atoms with Crippen molar-refractivity contribution < 1.29 is 23.9 Å². The van der Waals surface area contributed by atoms with Gasteiger partial charge in [-0.15, -0.1) is 0 Å². The highest BCUT2D eigenvalue weighted by Gasteiger charge is 2.58. The second kappa shape index (κ2) is 8.62. The Bertz CT molecular complexity index is 691. The van der Waals surface area contributed by atoms with Crippen molar-refractivity contribution in [1.29, 1.82) is 0 Å². The first-order valence-electron chi connectivity index (χ1n) is 10.1. The second-order valence-electron chi connectivity index (χ2n) is 8.98. The molecule has 2 fully saturated rings. The van der Waals surface area contributed by atoms with Crippen LogP contribution in [0.2, 0.25) is 0 Å². The van der Waals surface area contributed by atoms with Gasteiger partial charge in [-0.2, -0.15) is 0 Å². The van der Waals surface area contributed by atoms with Crippen LogP contribution in [0.15, 0.2) is 23.8 Å². The third kappa shape index (κ3) is 4.39. The fraction of sp³-hybridized carbons (Fsp3) is 0.696. The van der Waals surface area contributed by atoms with Crippen LogP contribution in [-0.2, 0) is 23.9 Å². The topological polar surface area (TPSA) is 69.7 Å². The Morgan fingerprint density at radius 1 is 1.25 bits per heavy atom. The van der Waals surface area contributed by atoms with Crippen molar-refractivity contribution in [3.63, 3.8) is 0 Å². The number of carbonyl (C=O) groups excluding carboxylic acids is 3. The molecule has 0 saturated heterocycles. The molecule has 28 heavy (non-hydrogen) atoms. The van der Waals surface area contributed by atoms with E-state index in [-0.39, 0.29) is 41.6 Å². The van der Waals surface area contributed by atoms with E-state index in [1.807, 2.05) is 13.8 Å². The van der Waals surface area contributed by atoms with Crippen LogP contribution in [-0.4, -0.2) is 31.4 Å². The number of methoxy groups -OCH3 is 1. The summed E-state index contributed by atoms with van der Waals surface area (Å²) in [6, 6.07) is 0. The van der Waals surface area contributed by atoms with Crippen LogP contribution in [0.4, 0.5) is 0 Å². The van der Waals surface area contributed by atoms with Crippen LogP contribution in [0.1, 0.15) is 66.2 Å². The van der Waals surface area contributed by atoms with Crippen LogP contribution in [0.5, 0.6) is 0 Å². The summed E-state index contributed by atoms with van der Waals surface area (Å²) < 4.78 is 10.0. The summed E-state index contributed by atoms with van der Waals surface area (Å²) in [7, 11) is 1.38. The number of hydrogen-bond donors (Lipinski definition) is 0. The number of ether oxygens (including phenoxy) is 2. The van der Waals surface area contributed by atoms with Gasteiger partial charge in [-0.25, -0.2) is 4.79 Å². The molecule has 2 saturated carbocycles. The van der Waals surface area contributed by atoms with E-state index in [0.29, 0.717) is 6.42 Å². The zero-order valence-electron chi connectivity index (χ0n) is 17.9. The highest BCUT2D eigenvalue weighted by molar-refractivity contribution is 5.86. The van der Waals surface area contributed by atoms with E-state index >= 15 is 0 Å². The van der Waals surface area contributed by atoms with Gasteiger partial charge in [0.2, 0.25) is 0 Å². The zero-order chi connectivity index (χ0) is 21.1. The van der Waals surface area contributed by atoms with Crippen molar-refractivity contribution in [3.8, 4) is 0 Å². The van der Waals surface area contributed by atoms with E-state index in [0.717, 1.165) is 37.7 Å². The molecule has 0 amide bonds. The van der Waals surface area contributed by atoms with Crippen molar-refractivity contribution in [2.24, 2.45) is 22.7 Å². The third-order valence-electron chi connectivity index (χ3n) is 7.10. The minimum absolute atomic E-state index is 0.0658. The number of fused-ring (bicyclic) bond motifs is 1. The lowest BCUT2D eigenvalue weighted by Crippen LogP contribution is -2.56. The predicted molar refractivity (Wildman–Crippen MR) is 107 cm³/mol. The normalized spacial score (nSPS) is 33.2. The van der Waals surface area contributed by atoms with Crippen LogP contribution >= 0.6 is 0 Å². The molecule has 5 heteroatoms. The molecule has 4 atom stereocenters. The Labute approximate surface area is 168 Å². The van der Waals surface area contributed by atoms with E-state index in [1.54, 1.807) is 6.08 Å². The smallest absolute Gasteiger partial charge is 0.330 e. The molecule has 0 aromatic carbocycles. The van der Waals surface area contributed by atoms with Gasteiger partial charge in [0.1, 0.15) is 12.4 Å². The molecule has 0 aromatic rings. The van der Waals surface area contributed by atoms with Crippen molar-refractivity contribution in [1.82, 2.24) is 0 Å². The van der Waals surface area contributed by atoms with Crippen LogP contribution < -0.4 is 0 Å². The van der Waals surface area contributed by atoms with E-state index in [1.165, 1.54) is 19.6 Å². The summed E-state index contributed by atoms with van der Waals surface area (Å²) in [6.45, 7) is 12.1.